The van der Waals surface area contributed by atoms with Crippen molar-refractivity contribution in [2.45, 2.75) is 12.1 Å². The van der Waals surface area contributed by atoms with E-state index in [2.05, 4.69) is 15.6 Å². The zero-order valence-electron chi connectivity index (χ0n) is 19.9. The minimum atomic E-state index is -0.230. The monoisotopic (exact) mass is 488 g/mol. The summed E-state index contributed by atoms with van der Waals surface area (Å²) in [5, 5.41) is 6.51. The van der Waals surface area contributed by atoms with Crippen LogP contribution in [-0.2, 0) is 0 Å². The number of aromatic nitrogens is 2. The van der Waals surface area contributed by atoms with Gasteiger partial charge in [-0.05, 0) is 67.6 Å². The number of amides is 2. The zero-order chi connectivity index (χ0) is 24.6. The molecule has 0 saturated heterocycles. The SMILES string of the molecule is COc1ccc(-c2nc(SCCNC(=O)Nc3ccc(C)cc3)[nH]c2-c2ccc(OC)cc2)cc1. The lowest BCUT2D eigenvalue weighted by atomic mass is 10.0. The van der Waals surface area contributed by atoms with Crippen LogP contribution in [0, 0.1) is 6.92 Å². The van der Waals surface area contributed by atoms with Crippen molar-refractivity contribution in [3.8, 4) is 34.0 Å². The lowest BCUT2D eigenvalue weighted by molar-refractivity contribution is 0.252. The molecule has 2 amide bonds. The molecule has 0 aliphatic carbocycles. The third kappa shape index (κ3) is 6.36. The Balaban J connectivity index is 1.43. The molecule has 0 unspecified atom stereocenters. The molecule has 3 N–H and O–H groups in total. The molecule has 0 saturated carbocycles. The summed E-state index contributed by atoms with van der Waals surface area (Å²) < 4.78 is 10.6. The fourth-order valence-electron chi connectivity index (χ4n) is 3.47. The number of nitrogens with zero attached hydrogens (tertiary/aromatic N) is 1. The van der Waals surface area contributed by atoms with E-state index in [9.17, 15) is 4.79 Å². The normalized spacial score (nSPS) is 10.6. The largest absolute Gasteiger partial charge is 0.497 e. The predicted octanol–water partition coefficient (Wildman–Crippen LogP) is 5.98. The number of H-pyrrole nitrogens is 1. The number of benzene rings is 3. The average molecular weight is 489 g/mol. The number of aryl methyl sites for hydroxylation is 1. The highest BCUT2D eigenvalue weighted by molar-refractivity contribution is 7.99. The molecular formula is C27H28N4O3S. The van der Waals surface area contributed by atoms with Crippen LogP contribution < -0.4 is 20.1 Å². The molecule has 180 valence electrons. The lowest BCUT2D eigenvalue weighted by Crippen LogP contribution is -2.30. The summed E-state index contributed by atoms with van der Waals surface area (Å²) >= 11 is 1.55. The van der Waals surface area contributed by atoms with Gasteiger partial charge in [-0.25, -0.2) is 9.78 Å². The van der Waals surface area contributed by atoms with E-state index in [0.29, 0.717) is 12.3 Å². The summed E-state index contributed by atoms with van der Waals surface area (Å²) in [4.78, 5) is 20.5. The Labute approximate surface area is 209 Å². The quantitative estimate of drug-likeness (QED) is 0.199. The summed E-state index contributed by atoms with van der Waals surface area (Å²) in [6.45, 7) is 2.51. The molecule has 0 bridgehead atoms. The Morgan fingerprint density at radius 2 is 1.49 bits per heavy atom. The van der Waals surface area contributed by atoms with Gasteiger partial charge in [0.25, 0.3) is 0 Å². The van der Waals surface area contributed by atoms with Crippen molar-refractivity contribution in [2.24, 2.45) is 0 Å². The van der Waals surface area contributed by atoms with Crippen LogP contribution in [0.2, 0.25) is 0 Å². The number of nitrogens with one attached hydrogen (secondary N) is 3. The van der Waals surface area contributed by atoms with Gasteiger partial charge in [-0.1, -0.05) is 29.5 Å². The van der Waals surface area contributed by atoms with Gasteiger partial charge >= 0.3 is 6.03 Å². The van der Waals surface area contributed by atoms with Crippen molar-refractivity contribution < 1.29 is 14.3 Å². The standard InChI is InChI=1S/C27H28N4O3S/c1-18-4-10-21(11-5-18)29-26(32)28-16-17-35-27-30-24(19-6-12-22(33-2)13-7-19)25(31-27)20-8-14-23(34-3)15-9-20/h4-15H,16-17H2,1-3H3,(H,30,31)(H2,28,29,32). The Hall–Kier alpha value is -3.91. The predicted molar refractivity (Wildman–Crippen MR) is 141 cm³/mol. The number of hydrogen-bond donors (Lipinski definition) is 3. The van der Waals surface area contributed by atoms with E-state index < -0.39 is 0 Å². The number of imidazole rings is 1. The summed E-state index contributed by atoms with van der Waals surface area (Å²) in [6, 6.07) is 23.2. The summed E-state index contributed by atoms with van der Waals surface area (Å²) in [5.74, 6) is 2.25. The fraction of sp³-hybridized carbons (Fsp3) is 0.185. The van der Waals surface area contributed by atoms with Gasteiger partial charge in [0.15, 0.2) is 5.16 Å². The first kappa shape index (κ1) is 24.2. The van der Waals surface area contributed by atoms with E-state index in [-0.39, 0.29) is 6.03 Å². The summed E-state index contributed by atoms with van der Waals surface area (Å²) in [5.41, 5.74) is 5.67. The summed E-state index contributed by atoms with van der Waals surface area (Å²) in [7, 11) is 3.30. The first-order valence-electron chi connectivity index (χ1n) is 11.2. The molecule has 1 aromatic heterocycles. The van der Waals surface area contributed by atoms with Crippen LogP contribution in [0.15, 0.2) is 78.0 Å². The molecule has 0 radical (unpaired) electrons. The van der Waals surface area contributed by atoms with E-state index in [1.807, 2.05) is 79.7 Å². The van der Waals surface area contributed by atoms with Crippen molar-refractivity contribution >= 4 is 23.5 Å². The second-order valence-electron chi connectivity index (χ2n) is 7.82. The highest BCUT2D eigenvalue weighted by atomic mass is 32.2. The summed E-state index contributed by atoms with van der Waals surface area (Å²) in [6.07, 6.45) is 0. The van der Waals surface area contributed by atoms with E-state index in [1.54, 1.807) is 26.0 Å². The maximum Gasteiger partial charge on any atom is 0.319 e. The number of anilines is 1. The van der Waals surface area contributed by atoms with Crippen LogP contribution >= 0.6 is 11.8 Å². The van der Waals surface area contributed by atoms with Gasteiger partial charge < -0.3 is 25.1 Å². The molecule has 0 spiro atoms. The molecule has 0 atom stereocenters. The van der Waals surface area contributed by atoms with Crippen LogP contribution in [0.5, 0.6) is 11.5 Å². The lowest BCUT2D eigenvalue weighted by Gasteiger charge is -2.07. The minimum Gasteiger partial charge on any atom is -0.497 e. The van der Waals surface area contributed by atoms with Crippen molar-refractivity contribution in [3.63, 3.8) is 0 Å². The number of methoxy groups -OCH3 is 2. The number of thioether (sulfide) groups is 1. The van der Waals surface area contributed by atoms with Crippen LogP contribution in [0.25, 0.3) is 22.5 Å². The van der Waals surface area contributed by atoms with Gasteiger partial charge in [0.05, 0.1) is 25.6 Å². The van der Waals surface area contributed by atoms with Gasteiger partial charge in [-0.2, -0.15) is 0 Å². The number of hydrogen-bond acceptors (Lipinski definition) is 5. The molecule has 0 aliphatic heterocycles. The second kappa shape index (κ2) is 11.5. The van der Waals surface area contributed by atoms with Gasteiger partial charge in [0, 0.05) is 29.1 Å². The molecule has 1 heterocycles. The third-order valence-corrected chi connectivity index (χ3v) is 6.24. The highest BCUT2D eigenvalue weighted by Gasteiger charge is 2.15. The Bertz CT molecular complexity index is 1190. The minimum absolute atomic E-state index is 0.230. The Morgan fingerprint density at radius 1 is 0.886 bits per heavy atom. The first-order chi connectivity index (χ1) is 17.1. The fourth-order valence-corrected chi connectivity index (χ4v) is 4.20. The number of ether oxygens (including phenoxy) is 2. The van der Waals surface area contributed by atoms with Crippen molar-refractivity contribution in [1.82, 2.24) is 15.3 Å². The highest BCUT2D eigenvalue weighted by Crippen LogP contribution is 2.34. The molecule has 3 aromatic carbocycles. The second-order valence-corrected chi connectivity index (χ2v) is 8.90. The number of carbonyl (C=O) groups is 1. The molecular weight excluding hydrogens is 460 g/mol. The van der Waals surface area contributed by atoms with Crippen LogP contribution in [0.3, 0.4) is 0 Å². The Morgan fingerprint density at radius 3 is 2.09 bits per heavy atom. The van der Waals surface area contributed by atoms with Gasteiger partial charge in [-0.15, -0.1) is 0 Å². The molecule has 7 nitrogen and oxygen atoms in total. The average Bonchev–Trinajstić information content (AvgIpc) is 3.32. The van der Waals surface area contributed by atoms with E-state index in [0.717, 1.165) is 50.4 Å². The Kier molecular flexibility index (Phi) is 7.95. The van der Waals surface area contributed by atoms with Crippen molar-refractivity contribution in [3.05, 3.63) is 78.4 Å². The van der Waals surface area contributed by atoms with Crippen molar-refractivity contribution in [1.29, 1.82) is 0 Å². The van der Waals surface area contributed by atoms with Crippen LogP contribution in [-0.4, -0.2) is 42.5 Å². The molecule has 0 aliphatic rings. The van der Waals surface area contributed by atoms with E-state index in [1.165, 1.54) is 0 Å². The van der Waals surface area contributed by atoms with Crippen LogP contribution in [0.4, 0.5) is 10.5 Å². The van der Waals surface area contributed by atoms with Crippen LogP contribution in [0.1, 0.15) is 5.56 Å². The molecule has 35 heavy (non-hydrogen) atoms. The molecule has 8 heteroatoms. The van der Waals surface area contributed by atoms with Crippen molar-refractivity contribution in [2.75, 3.05) is 31.8 Å². The smallest absolute Gasteiger partial charge is 0.319 e. The molecule has 0 fully saturated rings. The topological polar surface area (TPSA) is 88.3 Å². The number of aromatic amines is 1. The first-order valence-corrected chi connectivity index (χ1v) is 12.2. The van der Waals surface area contributed by atoms with Gasteiger partial charge in [-0.3, -0.25) is 0 Å². The van der Waals surface area contributed by atoms with Gasteiger partial charge in [0.1, 0.15) is 11.5 Å². The van der Waals surface area contributed by atoms with E-state index in [4.69, 9.17) is 14.5 Å². The van der Waals surface area contributed by atoms with Gasteiger partial charge in [0.2, 0.25) is 0 Å². The zero-order valence-corrected chi connectivity index (χ0v) is 20.7. The molecule has 4 rings (SSSR count). The number of urea groups is 1. The maximum atomic E-state index is 12.2. The van der Waals surface area contributed by atoms with E-state index >= 15 is 0 Å². The number of rotatable bonds is 9. The molecule has 4 aromatic rings. The third-order valence-electron chi connectivity index (χ3n) is 5.36. The maximum absolute atomic E-state index is 12.2. The number of carbonyl (C=O) groups excluding carboxylic acids is 1.